The lowest BCUT2D eigenvalue weighted by molar-refractivity contribution is 0.215. The van der Waals surface area contributed by atoms with Crippen molar-refractivity contribution in [2.24, 2.45) is 0 Å². The van der Waals surface area contributed by atoms with Crippen LogP contribution in [0.3, 0.4) is 0 Å². The SMILES string of the molecule is COc1cc(NC(=O)Oc2ccccc2)ccc1Cn1c(=O)n(C2CCCCC2)c2cc(Cl)ccc21. The third-order valence-electron chi connectivity index (χ3n) is 6.68. The maximum atomic E-state index is 13.7. The van der Waals surface area contributed by atoms with Crippen LogP contribution in [-0.2, 0) is 6.54 Å². The lowest BCUT2D eigenvalue weighted by Gasteiger charge is -2.23. The molecule has 186 valence electrons. The summed E-state index contributed by atoms with van der Waals surface area (Å²) < 4.78 is 14.6. The molecule has 1 heterocycles. The first-order valence-corrected chi connectivity index (χ1v) is 12.5. The van der Waals surface area contributed by atoms with E-state index in [9.17, 15) is 9.59 Å². The predicted molar refractivity (Wildman–Crippen MR) is 142 cm³/mol. The Balaban J connectivity index is 1.43. The first kappa shape index (κ1) is 24.0. The molecule has 8 heteroatoms. The second-order valence-electron chi connectivity index (χ2n) is 9.02. The molecule has 3 aromatic carbocycles. The molecular weight excluding hydrogens is 478 g/mol. The standard InChI is InChI=1S/C28H28ClN3O4/c1-35-26-17-21(30-27(33)36-23-10-6-3-7-11-23)14-12-19(26)18-31-24-15-13-20(29)16-25(24)32(28(31)34)22-8-4-2-5-9-22/h3,6-7,10-17,22H,2,4-5,8-9,18H2,1H3,(H,30,33). The van der Waals surface area contributed by atoms with Crippen molar-refractivity contribution in [3.8, 4) is 11.5 Å². The van der Waals surface area contributed by atoms with Gasteiger partial charge in [0.2, 0.25) is 0 Å². The van der Waals surface area contributed by atoms with Crippen molar-refractivity contribution >= 4 is 34.4 Å². The average Bonchev–Trinajstić information content (AvgIpc) is 3.16. The van der Waals surface area contributed by atoms with E-state index in [4.69, 9.17) is 21.1 Å². The fourth-order valence-electron chi connectivity index (χ4n) is 4.96. The molecule has 1 aliphatic carbocycles. The van der Waals surface area contributed by atoms with Crippen molar-refractivity contribution in [2.75, 3.05) is 12.4 Å². The zero-order valence-corrected chi connectivity index (χ0v) is 20.8. The van der Waals surface area contributed by atoms with Crippen molar-refractivity contribution in [3.63, 3.8) is 0 Å². The summed E-state index contributed by atoms with van der Waals surface area (Å²) in [6.07, 6.45) is 4.85. The number of amides is 1. The number of hydrogen-bond donors (Lipinski definition) is 1. The minimum Gasteiger partial charge on any atom is -0.496 e. The molecule has 1 aliphatic rings. The number of methoxy groups -OCH3 is 1. The number of carbonyl (C=O) groups excluding carboxylic acids is 1. The highest BCUT2D eigenvalue weighted by Gasteiger charge is 2.23. The summed E-state index contributed by atoms with van der Waals surface area (Å²) in [5.74, 6) is 1.01. The third-order valence-corrected chi connectivity index (χ3v) is 6.92. The first-order chi connectivity index (χ1) is 17.5. The molecule has 1 amide bonds. The number of fused-ring (bicyclic) bond motifs is 1. The molecule has 0 radical (unpaired) electrons. The number of benzene rings is 3. The van der Waals surface area contributed by atoms with Crippen LogP contribution in [0.1, 0.15) is 43.7 Å². The van der Waals surface area contributed by atoms with Crippen molar-refractivity contribution in [2.45, 2.75) is 44.7 Å². The van der Waals surface area contributed by atoms with E-state index in [-0.39, 0.29) is 11.7 Å². The maximum absolute atomic E-state index is 13.7. The summed E-state index contributed by atoms with van der Waals surface area (Å²) in [5.41, 5.74) is 3.00. The Morgan fingerprint density at radius 3 is 2.53 bits per heavy atom. The van der Waals surface area contributed by atoms with E-state index < -0.39 is 6.09 Å². The molecule has 0 spiro atoms. The number of halogens is 1. The highest BCUT2D eigenvalue weighted by atomic mass is 35.5. The van der Waals surface area contributed by atoms with Crippen LogP contribution in [0.5, 0.6) is 11.5 Å². The van der Waals surface area contributed by atoms with Gasteiger partial charge in [-0.15, -0.1) is 0 Å². The largest absolute Gasteiger partial charge is 0.496 e. The van der Waals surface area contributed by atoms with Crippen LogP contribution in [0.25, 0.3) is 11.0 Å². The molecule has 1 N–H and O–H groups in total. The number of para-hydroxylation sites is 1. The Labute approximate surface area is 214 Å². The second-order valence-corrected chi connectivity index (χ2v) is 9.45. The molecule has 7 nitrogen and oxygen atoms in total. The second kappa shape index (κ2) is 10.5. The van der Waals surface area contributed by atoms with Gasteiger partial charge < -0.3 is 9.47 Å². The fourth-order valence-corrected chi connectivity index (χ4v) is 5.13. The first-order valence-electron chi connectivity index (χ1n) is 12.1. The minimum atomic E-state index is -0.598. The molecule has 0 saturated heterocycles. The molecule has 1 fully saturated rings. The van der Waals surface area contributed by atoms with Gasteiger partial charge in [0, 0.05) is 28.4 Å². The van der Waals surface area contributed by atoms with E-state index >= 15 is 0 Å². The van der Waals surface area contributed by atoms with Gasteiger partial charge in [-0.05, 0) is 49.2 Å². The number of nitrogens with one attached hydrogen (secondary N) is 1. The number of rotatable bonds is 6. The number of carbonyl (C=O) groups is 1. The number of aromatic nitrogens is 2. The molecule has 0 aliphatic heterocycles. The predicted octanol–water partition coefficient (Wildman–Crippen LogP) is 6.63. The van der Waals surface area contributed by atoms with E-state index in [1.807, 2.05) is 34.9 Å². The van der Waals surface area contributed by atoms with Crippen LogP contribution in [0.4, 0.5) is 10.5 Å². The Hall–Kier alpha value is -3.71. The summed E-state index contributed by atoms with van der Waals surface area (Å²) in [7, 11) is 1.57. The number of hydrogen-bond acceptors (Lipinski definition) is 4. The average molecular weight is 506 g/mol. The van der Waals surface area contributed by atoms with Crippen LogP contribution in [0.2, 0.25) is 5.02 Å². The van der Waals surface area contributed by atoms with Gasteiger partial charge in [0.1, 0.15) is 11.5 Å². The normalized spacial score (nSPS) is 14.1. The highest BCUT2D eigenvalue weighted by Crippen LogP contribution is 2.32. The summed E-state index contributed by atoms with van der Waals surface area (Å²) in [4.78, 5) is 26.0. The van der Waals surface area contributed by atoms with E-state index in [0.29, 0.717) is 28.8 Å². The molecule has 4 aromatic rings. The van der Waals surface area contributed by atoms with E-state index in [1.54, 1.807) is 48.1 Å². The molecule has 0 bridgehead atoms. The number of anilines is 1. The Morgan fingerprint density at radius 2 is 1.78 bits per heavy atom. The van der Waals surface area contributed by atoms with Gasteiger partial charge in [-0.25, -0.2) is 9.59 Å². The van der Waals surface area contributed by atoms with E-state index in [0.717, 1.165) is 42.3 Å². The zero-order valence-electron chi connectivity index (χ0n) is 20.1. The number of nitrogens with zero attached hydrogens (tertiary/aromatic N) is 2. The minimum absolute atomic E-state index is 0.0464. The van der Waals surface area contributed by atoms with Gasteiger partial charge >= 0.3 is 11.8 Å². The third kappa shape index (κ3) is 4.97. The Kier molecular flexibility index (Phi) is 7.00. The van der Waals surface area contributed by atoms with Crippen molar-refractivity contribution in [1.29, 1.82) is 0 Å². The molecular formula is C28H28ClN3O4. The van der Waals surface area contributed by atoms with Gasteiger partial charge in [-0.2, -0.15) is 0 Å². The Bertz CT molecular complexity index is 1440. The monoisotopic (exact) mass is 505 g/mol. The summed E-state index contributed by atoms with van der Waals surface area (Å²) in [6.45, 7) is 0.328. The number of imidazole rings is 1. The summed E-state index contributed by atoms with van der Waals surface area (Å²) in [6, 6.07) is 20.0. The highest BCUT2D eigenvalue weighted by molar-refractivity contribution is 6.31. The van der Waals surface area contributed by atoms with Crippen molar-refractivity contribution < 1.29 is 14.3 Å². The van der Waals surface area contributed by atoms with E-state index in [1.165, 1.54) is 6.42 Å². The van der Waals surface area contributed by atoms with Crippen LogP contribution in [-0.4, -0.2) is 22.3 Å². The molecule has 0 unspecified atom stereocenters. The van der Waals surface area contributed by atoms with Gasteiger partial charge in [-0.1, -0.05) is 55.1 Å². The smallest absolute Gasteiger partial charge is 0.417 e. The molecule has 5 rings (SSSR count). The Morgan fingerprint density at radius 1 is 1.00 bits per heavy atom. The number of ether oxygens (including phenoxy) is 2. The zero-order chi connectivity index (χ0) is 25.1. The van der Waals surface area contributed by atoms with Crippen LogP contribution in [0.15, 0.2) is 71.5 Å². The molecule has 1 saturated carbocycles. The van der Waals surface area contributed by atoms with Gasteiger partial charge in [-0.3, -0.25) is 14.5 Å². The van der Waals surface area contributed by atoms with Gasteiger partial charge in [0.25, 0.3) is 0 Å². The van der Waals surface area contributed by atoms with Gasteiger partial charge in [0.05, 0.1) is 24.7 Å². The summed E-state index contributed by atoms with van der Waals surface area (Å²) in [5, 5.41) is 3.33. The topological polar surface area (TPSA) is 74.5 Å². The quantitative estimate of drug-likeness (QED) is 0.319. The van der Waals surface area contributed by atoms with Crippen LogP contribution < -0.4 is 20.5 Å². The van der Waals surface area contributed by atoms with Crippen molar-refractivity contribution in [3.05, 3.63) is 87.8 Å². The van der Waals surface area contributed by atoms with Crippen LogP contribution >= 0.6 is 11.6 Å². The molecule has 1 aromatic heterocycles. The van der Waals surface area contributed by atoms with Crippen molar-refractivity contribution in [1.82, 2.24) is 9.13 Å². The lowest BCUT2D eigenvalue weighted by Crippen LogP contribution is -2.29. The summed E-state index contributed by atoms with van der Waals surface area (Å²) >= 11 is 6.32. The van der Waals surface area contributed by atoms with Crippen LogP contribution in [0, 0.1) is 0 Å². The van der Waals surface area contributed by atoms with E-state index in [2.05, 4.69) is 5.32 Å². The van der Waals surface area contributed by atoms with Gasteiger partial charge in [0.15, 0.2) is 0 Å². The fraction of sp³-hybridized carbons (Fsp3) is 0.286. The molecule has 36 heavy (non-hydrogen) atoms. The lowest BCUT2D eigenvalue weighted by atomic mass is 9.95. The molecule has 0 atom stereocenters. The maximum Gasteiger partial charge on any atom is 0.417 e.